The number of rotatable bonds is 1. The molecule has 20 heavy (non-hydrogen) atoms. The summed E-state index contributed by atoms with van der Waals surface area (Å²) in [5.74, 6) is -0.0180. The van der Waals surface area contributed by atoms with Crippen molar-refractivity contribution < 1.29 is 4.79 Å². The number of para-hydroxylation sites is 2. The van der Waals surface area contributed by atoms with Crippen LogP contribution in [0.5, 0.6) is 0 Å². The number of fused-ring (bicyclic) bond motifs is 2. The average Bonchev–Trinajstić information content (AvgIpc) is 3.02. The van der Waals surface area contributed by atoms with Gasteiger partial charge >= 0.3 is 0 Å². The number of anilines is 2. The molecule has 0 aliphatic carbocycles. The molecule has 98 valence electrons. The zero-order valence-electron chi connectivity index (χ0n) is 11.0. The van der Waals surface area contributed by atoms with E-state index >= 15 is 0 Å². The SMILES string of the molecule is O=C1Nc2ccccc2/C1=C\N1CCc2ccccc21. The summed E-state index contributed by atoms with van der Waals surface area (Å²) < 4.78 is 0. The van der Waals surface area contributed by atoms with Crippen molar-refractivity contribution in [2.45, 2.75) is 6.42 Å². The second-order valence-corrected chi connectivity index (χ2v) is 5.11. The van der Waals surface area contributed by atoms with E-state index in [2.05, 4.69) is 28.4 Å². The Labute approximate surface area is 117 Å². The maximum Gasteiger partial charge on any atom is 0.257 e. The highest BCUT2D eigenvalue weighted by Gasteiger charge is 2.26. The molecule has 0 saturated heterocycles. The first kappa shape index (κ1) is 11.3. The molecule has 2 aliphatic heterocycles. The van der Waals surface area contributed by atoms with Gasteiger partial charge in [0.1, 0.15) is 0 Å². The summed E-state index contributed by atoms with van der Waals surface area (Å²) in [6, 6.07) is 16.2. The number of carbonyl (C=O) groups excluding carboxylic acids is 1. The Morgan fingerprint density at radius 3 is 2.80 bits per heavy atom. The first-order valence-corrected chi connectivity index (χ1v) is 6.80. The summed E-state index contributed by atoms with van der Waals surface area (Å²) in [4.78, 5) is 14.3. The van der Waals surface area contributed by atoms with Gasteiger partial charge in [0.25, 0.3) is 5.91 Å². The van der Waals surface area contributed by atoms with Crippen LogP contribution in [-0.4, -0.2) is 12.5 Å². The van der Waals surface area contributed by atoms with Crippen LogP contribution < -0.4 is 10.2 Å². The molecule has 0 radical (unpaired) electrons. The minimum absolute atomic E-state index is 0.0180. The van der Waals surface area contributed by atoms with E-state index in [4.69, 9.17) is 0 Å². The van der Waals surface area contributed by atoms with Gasteiger partial charge in [-0.1, -0.05) is 36.4 Å². The third-order valence-corrected chi connectivity index (χ3v) is 3.92. The summed E-state index contributed by atoms with van der Waals surface area (Å²) in [6.45, 7) is 0.929. The highest BCUT2D eigenvalue weighted by atomic mass is 16.2. The second-order valence-electron chi connectivity index (χ2n) is 5.11. The summed E-state index contributed by atoms with van der Waals surface area (Å²) in [7, 11) is 0. The van der Waals surface area contributed by atoms with Crippen LogP contribution in [0.1, 0.15) is 11.1 Å². The second kappa shape index (κ2) is 4.23. The van der Waals surface area contributed by atoms with Gasteiger partial charge in [-0.3, -0.25) is 4.79 Å². The molecule has 0 unspecified atom stereocenters. The lowest BCUT2D eigenvalue weighted by molar-refractivity contribution is -0.110. The van der Waals surface area contributed by atoms with E-state index < -0.39 is 0 Å². The fourth-order valence-electron chi connectivity index (χ4n) is 2.92. The highest BCUT2D eigenvalue weighted by molar-refractivity contribution is 6.31. The van der Waals surface area contributed by atoms with Crippen molar-refractivity contribution in [1.29, 1.82) is 0 Å². The normalized spacial score (nSPS) is 18.1. The number of nitrogens with zero attached hydrogens (tertiary/aromatic N) is 1. The number of benzene rings is 2. The van der Waals surface area contributed by atoms with E-state index in [0.29, 0.717) is 0 Å². The maximum absolute atomic E-state index is 12.1. The third kappa shape index (κ3) is 1.63. The summed E-state index contributed by atoms with van der Waals surface area (Å²) in [6.07, 6.45) is 3.01. The Bertz CT molecular complexity index is 733. The molecular weight excluding hydrogens is 248 g/mol. The number of nitrogens with one attached hydrogen (secondary N) is 1. The van der Waals surface area contributed by atoms with E-state index in [1.54, 1.807) is 0 Å². The molecule has 2 aliphatic rings. The van der Waals surface area contributed by atoms with Crippen molar-refractivity contribution >= 4 is 22.9 Å². The largest absolute Gasteiger partial charge is 0.347 e. The van der Waals surface area contributed by atoms with Crippen LogP contribution in [0.4, 0.5) is 11.4 Å². The number of carbonyl (C=O) groups is 1. The lowest BCUT2D eigenvalue weighted by Gasteiger charge is -2.14. The third-order valence-electron chi connectivity index (χ3n) is 3.92. The van der Waals surface area contributed by atoms with Crippen molar-refractivity contribution in [3.63, 3.8) is 0 Å². The van der Waals surface area contributed by atoms with Crippen LogP contribution in [0.3, 0.4) is 0 Å². The van der Waals surface area contributed by atoms with Crippen molar-refractivity contribution in [3.05, 3.63) is 65.9 Å². The topological polar surface area (TPSA) is 32.3 Å². The van der Waals surface area contributed by atoms with Crippen molar-refractivity contribution in [2.24, 2.45) is 0 Å². The van der Waals surface area contributed by atoms with Crippen molar-refractivity contribution in [1.82, 2.24) is 0 Å². The molecule has 2 aromatic carbocycles. The quantitative estimate of drug-likeness (QED) is 0.801. The van der Waals surface area contributed by atoms with Gasteiger partial charge < -0.3 is 10.2 Å². The molecular formula is C17H14N2O. The van der Waals surface area contributed by atoms with E-state index in [9.17, 15) is 4.79 Å². The minimum atomic E-state index is -0.0180. The van der Waals surface area contributed by atoms with Gasteiger partial charge in [-0.2, -0.15) is 0 Å². The van der Waals surface area contributed by atoms with E-state index in [0.717, 1.165) is 29.8 Å². The van der Waals surface area contributed by atoms with E-state index in [1.807, 2.05) is 36.5 Å². The molecule has 0 atom stereocenters. The zero-order chi connectivity index (χ0) is 13.5. The van der Waals surface area contributed by atoms with Crippen LogP contribution in [0.25, 0.3) is 5.57 Å². The van der Waals surface area contributed by atoms with Gasteiger partial charge in [-0.25, -0.2) is 0 Å². The van der Waals surface area contributed by atoms with Gasteiger partial charge in [0.15, 0.2) is 0 Å². The minimum Gasteiger partial charge on any atom is -0.347 e. The van der Waals surface area contributed by atoms with E-state index in [-0.39, 0.29) is 5.91 Å². The fraction of sp³-hybridized carbons (Fsp3) is 0.118. The predicted molar refractivity (Wildman–Crippen MR) is 80.5 cm³/mol. The molecule has 0 fully saturated rings. The smallest absolute Gasteiger partial charge is 0.257 e. The molecule has 2 heterocycles. The zero-order valence-corrected chi connectivity index (χ0v) is 11.0. The van der Waals surface area contributed by atoms with Gasteiger partial charge in [-0.15, -0.1) is 0 Å². The maximum atomic E-state index is 12.1. The van der Waals surface area contributed by atoms with Crippen LogP contribution in [0, 0.1) is 0 Å². The monoisotopic (exact) mass is 262 g/mol. The van der Waals surface area contributed by atoms with Gasteiger partial charge in [-0.05, 0) is 24.1 Å². The van der Waals surface area contributed by atoms with Crippen LogP contribution in [-0.2, 0) is 11.2 Å². The summed E-state index contributed by atoms with van der Waals surface area (Å²) in [5, 5.41) is 2.91. The molecule has 3 nitrogen and oxygen atoms in total. The number of hydrogen-bond donors (Lipinski definition) is 1. The molecule has 0 saturated carbocycles. The predicted octanol–water partition coefficient (Wildman–Crippen LogP) is 3.04. The highest BCUT2D eigenvalue weighted by Crippen LogP contribution is 2.34. The van der Waals surface area contributed by atoms with Crippen molar-refractivity contribution in [3.8, 4) is 0 Å². The number of hydrogen-bond acceptors (Lipinski definition) is 2. The molecule has 1 amide bonds. The van der Waals surface area contributed by atoms with E-state index in [1.165, 1.54) is 11.3 Å². The standard InChI is InChI=1S/C17H14N2O/c20-17-14(13-6-2-3-7-15(13)18-17)11-19-10-9-12-5-1-4-8-16(12)19/h1-8,11H,9-10H2,(H,18,20)/b14-11+. The Balaban J connectivity index is 1.77. The summed E-state index contributed by atoms with van der Waals surface area (Å²) >= 11 is 0. The Hall–Kier alpha value is -2.55. The first-order valence-electron chi connectivity index (χ1n) is 6.80. The van der Waals surface area contributed by atoms with Crippen LogP contribution in [0.2, 0.25) is 0 Å². The molecule has 2 aromatic rings. The van der Waals surface area contributed by atoms with Crippen molar-refractivity contribution in [2.75, 3.05) is 16.8 Å². The molecule has 0 aromatic heterocycles. The van der Waals surface area contributed by atoms with Gasteiger partial charge in [0, 0.05) is 29.7 Å². The number of amides is 1. The van der Waals surface area contributed by atoms with Gasteiger partial charge in [0.2, 0.25) is 0 Å². The lowest BCUT2D eigenvalue weighted by Crippen LogP contribution is -2.15. The lowest BCUT2D eigenvalue weighted by atomic mass is 10.1. The van der Waals surface area contributed by atoms with Gasteiger partial charge in [0.05, 0.1) is 5.57 Å². The molecule has 1 N–H and O–H groups in total. The fourth-order valence-corrected chi connectivity index (χ4v) is 2.92. The Morgan fingerprint density at radius 2 is 1.85 bits per heavy atom. The Kier molecular flexibility index (Phi) is 2.39. The van der Waals surface area contributed by atoms with Crippen LogP contribution >= 0.6 is 0 Å². The Morgan fingerprint density at radius 1 is 1.05 bits per heavy atom. The average molecular weight is 262 g/mol. The molecule has 3 heteroatoms. The molecule has 0 spiro atoms. The van der Waals surface area contributed by atoms with Crippen LogP contribution in [0.15, 0.2) is 54.7 Å². The molecule has 0 bridgehead atoms. The summed E-state index contributed by atoms with van der Waals surface area (Å²) in [5.41, 5.74) is 5.18. The molecule has 4 rings (SSSR count). The first-order chi connectivity index (χ1) is 9.83.